The second-order valence-electron chi connectivity index (χ2n) is 6.98. The molecule has 1 heterocycles. The summed E-state index contributed by atoms with van der Waals surface area (Å²) in [5.74, 6) is 0.914. The first kappa shape index (κ1) is 19.1. The van der Waals surface area contributed by atoms with Gasteiger partial charge in [0.25, 0.3) is 0 Å². The van der Waals surface area contributed by atoms with Crippen LogP contribution in [0.4, 0.5) is 11.5 Å². The molecule has 0 aliphatic heterocycles. The zero-order valence-electron chi connectivity index (χ0n) is 15.3. The molecule has 0 saturated heterocycles. The molecule has 0 aliphatic rings. The van der Waals surface area contributed by atoms with Crippen molar-refractivity contribution >= 4 is 24.2 Å². The van der Waals surface area contributed by atoms with E-state index in [0.29, 0.717) is 6.54 Å². The summed E-state index contributed by atoms with van der Waals surface area (Å²) in [7, 11) is 0. The molecule has 0 atom stereocenters. The fourth-order valence-corrected chi connectivity index (χ4v) is 2.42. The number of aromatic nitrogens is 2. The highest BCUT2D eigenvalue weighted by molar-refractivity contribution is 5.72. The summed E-state index contributed by atoms with van der Waals surface area (Å²) in [5.41, 5.74) is 7.17. The van der Waals surface area contributed by atoms with Crippen LogP contribution in [0.1, 0.15) is 32.2 Å². The Kier molecular flexibility index (Phi) is 6.39. The second-order valence-corrected chi connectivity index (χ2v) is 6.98. The van der Waals surface area contributed by atoms with Crippen LogP contribution < -0.4 is 10.6 Å². The predicted octanol–water partition coefficient (Wildman–Crippen LogP) is 3.05. The number of aliphatic imine (C=N–C) groups is 2. The Labute approximate surface area is 153 Å². The number of benzene rings is 1. The molecule has 7 nitrogen and oxygen atoms in total. The van der Waals surface area contributed by atoms with Gasteiger partial charge < -0.3 is 10.6 Å². The molecule has 2 N–H and O–H groups in total. The van der Waals surface area contributed by atoms with Crippen LogP contribution in [0.2, 0.25) is 0 Å². The summed E-state index contributed by atoms with van der Waals surface area (Å²) in [6.07, 6.45) is 4.22. The molecule has 0 unspecified atom stereocenters. The molecule has 0 saturated carbocycles. The lowest BCUT2D eigenvalue weighted by atomic mass is 9.95. The SMILES string of the molecule is CC(C)(C)CN(Cc1ccc(N=CN=CN)cc1)c1ccnc(C#N)n1. The lowest BCUT2D eigenvalue weighted by Crippen LogP contribution is -2.33. The number of nitriles is 1. The van der Waals surface area contributed by atoms with E-state index in [2.05, 4.69) is 45.6 Å². The summed E-state index contributed by atoms with van der Waals surface area (Å²) in [5, 5.41) is 9.06. The van der Waals surface area contributed by atoms with Crippen molar-refractivity contribution < 1.29 is 0 Å². The molecule has 7 heteroatoms. The molecule has 1 aromatic carbocycles. The molecular formula is C19H23N7. The standard InChI is InChI=1S/C19H23N7/c1-19(2,3)12-26(18-8-9-23-17(10-20)25-18)11-15-4-6-16(7-5-15)24-14-22-13-21/h4-9,13-14H,11-12H2,1-3H3,(H2,21,22,24). The highest BCUT2D eigenvalue weighted by atomic mass is 15.2. The van der Waals surface area contributed by atoms with E-state index in [4.69, 9.17) is 11.0 Å². The summed E-state index contributed by atoms with van der Waals surface area (Å²) < 4.78 is 0. The Hall–Kier alpha value is -3.27. The van der Waals surface area contributed by atoms with Gasteiger partial charge in [0.2, 0.25) is 5.82 Å². The van der Waals surface area contributed by atoms with Gasteiger partial charge >= 0.3 is 0 Å². The molecule has 2 aromatic rings. The van der Waals surface area contributed by atoms with Crippen LogP contribution in [0.3, 0.4) is 0 Å². The Morgan fingerprint density at radius 3 is 2.58 bits per heavy atom. The number of nitrogens with zero attached hydrogens (tertiary/aromatic N) is 6. The van der Waals surface area contributed by atoms with Crippen molar-refractivity contribution in [2.45, 2.75) is 27.3 Å². The maximum Gasteiger partial charge on any atom is 0.234 e. The number of hydrogen-bond donors (Lipinski definition) is 1. The molecule has 1 aromatic heterocycles. The number of anilines is 1. The van der Waals surface area contributed by atoms with E-state index in [9.17, 15) is 0 Å². The summed E-state index contributed by atoms with van der Waals surface area (Å²) in [4.78, 5) is 18.4. The van der Waals surface area contributed by atoms with Gasteiger partial charge in [-0.3, -0.25) is 0 Å². The van der Waals surface area contributed by atoms with Crippen molar-refractivity contribution in [1.29, 1.82) is 5.26 Å². The van der Waals surface area contributed by atoms with Crippen LogP contribution in [0.15, 0.2) is 46.5 Å². The van der Waals surface area contributed by atoms with Crippen LogP contribution >= 0.6 is 0 Å². The fourth-order valence-electron chi connectivity index (χ4n) is 2.42. The Bertz CT molecular complexity index is 811. The maximum atomic E-state index is 9.06. The van der Waals surface area contributed by atoms with Crippen LogP contribution in [-0.2, 0) is 6.54 Å². The minimum absolute atomic E-state index is 0.0716. The van der Waals surface area contributed by atoms with Crippen LogP contribution in [0, 0.1) is 16.7 Å². The lowest BCUT2D eigenvalue weighted by Gasteiger charge is -2.31. The van der Waals surface area contributed by atoms with Crippen molar-refractivity contribution in [2.24, 2.45) is 21.1 Å². The Morgan fingerprint density at radius 1 is 1.23 bits per heavy atom. The highest BCUT2D eigenvalue weighted by Gasteiger charge is 2.18. The van der Waals surface area contributed by atoms with Gasteiger partial charge in [0, 0.05) is 19.3 Å². The minimum Gasteiger partial charge on any atom is -0.390 e. The van der Waals surface area contributed by atoms with E-state index < -0.39 is 0 Å². The normalized spacial score (nSPS) is 11.8. The summed E-state index contributed by atoms with van der Waals surface area (Å²) >= 11 is 0. The van der Waals surface area contributed by atoms with E-state index in [0.717, 1.165) is 23.6 Å². The van der Waals surface area contributed by atoms with Crippen molar-refractivity contribution in [3.05, 3.63) is 47.9 Å². The van der Waals surface area contributed by atoms with Crippen molar-refractivity contribution in [1.82, 2.24) is 9.97 Å². The molecule has 26 heavy (non-hydrogen) atoms. The minimum atomic E-state index is 0.0716. The molecule has 0 radical (unpaired) electrons. The molecule has 0 aliphatic carbocycles. The third-order valence-corrected chi connectivity index (χ3v) is 3.40. The van der Waals surface area contributed by atoms with Crippen molar-refractivity contribution in [3.8, 4) is 6.07 Å². The monoisotopic (exact) mass is 349 g/mol. The summed E-state index contributed by atoms with van der Waals surface area (Å²) in [6, 6.07) is 11.7. The van der Waals surface area contributed by atoms with Gasteiger partial charge in [0.15, 0.2) is 0 Å². The largest absolute Gasteiger partial charge is 0.390 e. The van der Waals surface area contributed by atoms with Crippen molar-refractivity contribution in [3.63, 3.8) is 0 Å². The van der Waals surface area contributed by atoms with Gasteiger partial charge in [-0.2, -0.15) is 5.26 Å². The van der Waals surface area contributed by atoms with Gasteiger partial charge in [-0.25, -0.2) is 20.0 Å². The van der Waals surface area contributed by atoms with Gasteiger partial charge in [0.1, 0.15) is 18.2 Å². The molecule has 2 rings (SSSR count). The third-order valence-electron chi connectivity index (χ3n) is 3.40. The second kappa shape index (κ2) is 8.72. The molecule has 0 spiro atoms. The van der Waals surface area contributed by atoms with Crippen LogP contribution in [0.5, 0.6) is 0 Å². The van der Waals surface area contributed by atoms with E-state index in [1.165, 1.54) is 12.7 Å². The average molecular weight is 349 g/mol. The third kappa shape index (κ3) is 5.98. The Balaban J connectivity index is 2.22. The Morgan fingerprint density at radius 2 is 1.96 bits per heavy atom. The van der Waals surface area contributed by atoms with Gasteiger partial charge in [0.05, 0.1) is 12.0 Å². The molecule has 0 fully saturated rings. The maximum absolute atomic E-state index is 9.06. The zero-order chi connectivity index (χ0) is 19.0. The van der Waals surface area contributed by atoms with E-state index in [-0.39, 0.29) is 11.2 Å². The number of nitrogens with two attached hydrogens (primary N) is 1. The zero-order valence-corrected chi connectivity index (χ0v) is 15.3. The summed E-state index contributed by atoms with van der Waals surface area (Å²) in [6.45, 7) is 7.97. The smallest absolute Gasteiger partial charge is 0.234 e. The highest BCUT2D eigenvalue weighted by Crippen LogP contribution is 2.23. The first-order chi connectivity index (χ1) is 12.4. The topological polar surface area (TPSA) is 104 Å². The van der Waals surface area contributed by atoms with E-state index in [1.807, 2.05) is 36.4 Å². The number of hydrogen-bond acceptors (Lipinski definition) is 5. The van der Waals surface area contributed by atoms with Gasteiger partial charge in [-0.05, 0) is 29.2 Å². The average Bonchev–Trinajstić information content (AvgIpc) is 2.62. The van der Waals surface area contributed by atoms with Crippen LogP contribution in [0.25, 0.3) is 0 Å². The molecule has 134 valence electrons. The van der Waals surface area contributed by atoms with E-state index in [1.54, 1.807) is 6.20 Å². The molecular weight excluding hydrogens is 326 g/mol. The molecule has 0 bridgehead atoms. The first-order valence-electron chi connectivity index (χ1n) is 8.24. The quantitative estimate of drug-likeness (QED) is 0.637. The van der Waals surface area contributed by atoms with E-state index >= 15 is 0 Å². The van der Waals surface area contributed by atoms with Crippen LogP contribution in [-0.4, -0.2) is 29.2 Å². The first-order valence-corrected chi connectivity index (χ1v) is 8.24. The van der Waals surface area contributed by atoms with Gasteiger partial charge in [-0.1, -0.05) is 32.9 Å². The lowest BCUT2D eigenvalue weighted by molar-refractivity contribution is 0.407. The number of rotatable bonds is 6. The van der Waals surface area contributed by atoms with Crippen molar-refractivity contribution in [2.75, 3.05) is 11.4 Å². The predicted molar refractivity (Wildman–Crippen MR) is 105 cm³/mol. The molecule has 0 amide bonds. The van der Waals surface area contributed by atoms with Gasteiger partial charge in [-0.15, -0.1) is 0 Å². The fraction of sp³-hybridized carbons (Fsp3) is 0.316.